The number of nitrogens with one attached hydrogen (secondary N) is 3. The average molecular weight is 1360 g/mol. The summed E-state index contributed by atoms with van der Waals surface area (Å²) in [4.78, 5) is 150. The first-order chi connectivity index (χ1) is 45.1. The summed E-state index contributed by atoms with van der Waals surface area (Å²) in [5.74, 6) is -8.25. The van der Waals surface area contributed by atoms with Crippen LogP contribution in [0.25, 0.3) is 0 Å². The molecular formula is C69H114N6O19S. The van der Waals surface area contributed by atoms with Crippen molar-refractivity contribution >= 4 is 76.5 Å². The monoisotopic (exact) mass is 1360 g/mol. The number of carbonyl (C=O) groups excluding carboxylic acids is 9. The van der Waals surface area contributed by atoms with Crippen molar-refractivity contribution in [2.45, 2.75) is 194 Å². The van der Waals surface area contributed by atoms with Crippen LogP contribution in [0, 0.1) is 35.5 Å². The number of carboxylic acids is 2. The minimum absolute atomic E-state index is 0.0329. The third kappa shape index (κ3) is 31.5. The summed E-state index contributed by atoms with van der Waals surface area (Å²) < 4.78 is 33.8. The molecule has 26 heteroatoms. The van der Waals surface area contributed by atoms with Crippen LogP contribution in [0.2, 0.25) is 0 Å². The summed E-state index contributed by atoms with van der Waals surface area (Å²) in [5.41, 5.74) is 0.811. The van der Waals surface area contributed by atoms with E-state index in [0.717, 1.165) is 17.3 Å². The summed E-state index contributed by atoms with van der Waals surface area (Å²) in [5, 5.41) is 26.8. The smallest absolute Gasteiger partial charge is 0.317 e. The first kappa shape index (κ1) is 85.2. The summed E-state index contributed by atoms with van der Waals surface area (Å²) >= 11 is 0.871. The summed E-state index contributed by atoms with van der Waals surface area (Å²) in [6.07, 6.45) is 1.78. The van der Waals surface area contributed by atoms with Crippen molar-refractivity contribution in [1.29, 1.82) is 0 Å². The standard InChI is InChI=1S/C69H114N6O19S/c1-14-47(7)65(57(89-12)42-63(83)75-30-22-25-54(75)66(90-13)48(8)55(77)40-51(68(85)86)39-50-23-18-16-19-24-50)74(11)67(84)52(45(3)4)41-56(78)64(46(5)6)73(10)62(82)26-20-17-21-28-70-61(81)43-58(69(87)88)95-44-53(49(9)76)72-60(80)27-31-91-33-35-93-37-38-94-36-34-92-32-29-71-59(79)15-2/h16,18-19,23-24,45-48,51-54,57-58,64-66H,14-15,17,20-22,25-44H2,1-13H3,(H,70,81)(H,71,79)(H,72,80)(H,85,86)(H,87,88)/t47-,48-,51+,52-,53?,54-,57+,58?,64-,65-,66+/m0/s1. The number of nitrogens with zero attached hydrogens (tertiary/aromatic N) is 3. The molecule has 1 aromatic rings. The van der Waals surface area contributed by atoms with Gasteiger partial charge in [-0.05, 0) is 62.3 Å². The van der Waals surface area contributed by atoms with Crippen molar-refractivity contribution in [3.63, 3.8) is 0 Å². The Hall–Kier alpha value is -5.90. The van der Waals surface area contributed by atoms with Gasteiger partial charge in [-0.25, -0.2) is 0 Å². The number of benzene rings is 1. The molecule has 0 bridgehead atoms. The van der Waals surface area contributed by atoms with Crippen molar-refractivity contribution in [1.82, 2.24) is 30.7 Å². The number of hydrogen-bond acceptors (Lipinski definition) is 18. The topological polar surface area (TPSA) is 329 Å². The predicted molar refractivity (Wildman–Crippen MR) is 360 cm³/mol. The molecule has 1 aliphatic heterocycles. The molecule has 95 heavy (non-hydrogen) atoms. The van der Waals surface area contributed by atoms with Crippen molar-refractivity contribution < 1.29 is 91.4 Å². The Morgan fingerprint density at radius 2 is 1.27 bits per heavy atom. The number of rotatable bonds is 53. The fraction of sp³-hybridized carbons (Fsp3) is 0.754. The number of carboxylic acid groups (broad SMARTS) is 2. The Morgan fingerprint density at radius 1 is 0.663 bits per heavy atom. The lowest BCUT2D eigenvalue weighted by molar-refractivity contribution is -0.150. The van der Waals surface area contributed by atoms with Gasteiger partial charge in [-0.1, -0.05) is 98.6 Å². The molecular weight excluding hydrogens is 1250 g/mol. The van der Waals surface area contributed by atoms with Crippen LogP contribution in [0.3, 0.4) is 0 Å². The quantitative estimate of drug-likeness (QED) is 0.0479. The highest BCUT2D eigenvalue weighted by atomic mass is 32.2. The Balaban J connectivity index is 1.91. The maximum absolute atomic E-state index is 14.8. The van der Waals surface area contributed by atoms with Crippen LogP contribution in [-0.4, -0.2) is 238 Å². The molecule has 1 heterocycles. The fourth-order valence-corrected chi connectivity index (χ4v) is 13.0. The lowest BCUT2D eigenvalue weighted by Gasteiger charge is -2.41. The van der Waals surface area contributed by atoms with Crippen molar-refractivity contribution in [2.24, 2.45) is 35.5 Å². The van der Waals surface area contributed by atoms with Crippen molar-refractivity contribution in [3.8, 4) is 0 Å². The van der Waals surface area contributed by atoms with Gasteiger partial charge in [0.15, 0.2) is 11.6 Å². The van der Waals surface area contributed by atoms with Crippen molar-refractivity contribution in [2.75, 3.05) is 107 Å². The van der Waals surface area contributed by atoms with Gasteiger partial charge in [0.05, 0.1) is 102 Å². The van der Waals surface area contributed by atoms with Crippen LogP contribution >= 0.6 is 11.8 Å². The molecule has 540 valence electrons. The number of aliphatic carboxylic acids is 2. The molecule has 0 aromatic heterocycles. The molecule has 1 saturated heterocycles. The maximum atomic E-state index is 14.8. The maximum Gasteiger partial charge on any atom is 0.317 e. The Kier molecular flexibility index (Phi) is 42.3. The molecule has 0 spiro atoms. The van der Waals surface area contributed by atoms with Gasteiger partial charge in [-0.2, -0.15) is 0 Å². The highest BCUT2D eigenvalue weighted by Gasteiger charge is 2.44. The molecule has 11 atom stereocenters. The van der Waals surface area contributed by atoms with Crippen LogP contribution in [0.5, 0.6) is 0 Å². The van der Waals surface area contributed by atoms with Crippen LogP contribution in [0.15, 0.2) is 30.3 Å². The lowest BCUT2D eigenvalue weighted by Crippen LogP contribution is -2.54. The Bertz CT molecular complexity index is 2530. The second-order valence-electron chi connectivity index (χ2n) is 25.4. The van der Waals surface area contributed by atoms with E-state index in [1.807, 2.05) is 71.9 Å². The largest absolute Gasteiger partial charge is 0.481 e. The van der Waals surface area contributed by atoms with E-state index in [0.29, 0.717) is 91.1 Å². The number of hydrogen-bond donors (Lipinski definition) is 5. The zero-order valence-corrected chi connectivity index (χ0v) is 59.7. The zero-order chi connectivity index (χ0) is 71.2. The first-order valence-corrected chi connectivity index (χ1v) is 34.9. The molecule has 2 rings (SSSR count). The molecule has 5 N–H and O–H groups in total. The van der Waals surface area contributed by atoms with Gasteiger partial charge in [0.1, 0.15) is 11.0 Å². The normalized spacial score (nSPS) is 16.3. The van der Waals surface area contributed by atoms with Crippen molar-refractivity contribution in [3.05, 3.63) is 35.9 Å². The Morgan fingerprint density at radius 3 is 1.82 bits per heavy atom. The molecule has 6 amide bonds. The summed E-state index contributed by atoms with van der Waals surface area (Å²) in [6.45, 7) is 19.7. The van der Waals surface area contributed by atoms with Crippen LogP contribution < -0.4 is 16.0 Å². The number of ketones is 3. The van der Waals surface area contributed by atoms with Gasteiger partial charge >= 0.3 is 11.9 Å². The fourth-order valence-electron chi connectivity index (χ4n) is 11.8. The third-order valence-electron chi connectivity index (χ3n) is 17.6. The zero-order valence-electron chi connectivity index (χ0n) is 58.9. The molecule has 25 nitrogen and oxygen atoms in total. The second-order valence-corrected chi connectivity index (χ2v) is 26.6. The minimum Gasteiger partial charge on any atom is -0.481 e. The molecule has 2 unspecified atom stereocenters. The molecule has 0 aliphatic carbocycles. The summed E-state index contributed by atoms with van der Waals surface area (Å²) in [7, 11) is 6.26. The highest BCUT2D eigenvalue weighted by molar-refractivity contribution is 8.00. The third-order valence-corrected chi connectivity index (χ3v) is 18.9. The van der Waals surface area contributed by atoms with Gasteiger partial charge in [0.2, 0.25) is 35.4 Å². The average Bonchev–Trinajstić information content (AvgIpc) is 1.83. The number of amides is 6. The number of ether oxygens (including phenoxy) is 6. The van der Waals surface area contributed by atoms with E-state index in [-0.39, 0.29) is 136 Å². The molecule has 1 aliphatic rings. The van der Waals surface area contributed by atoms with E-state index < -0.39 is 83.1 Å². The number of methoxy groups -OCH3 is 2. The van der Waals surface area contributed by atoms with Gasteiger partial charge in [-0.3, -0.25) is 52.7 Å². The minimum atomic E-state index is -1.25. The van der Waals surface area contributed by atoms with E-state index >= 15 is 0 Å². The summed E-state index contributed by atoms with van der Waals surface area (Å²) in [6, 6.07) is 6.28. The SMILES string of the molecule is CCC(=O)NCCOCCOCCOCCOCCC(=O)NC(CSC(CC(=O)NCCCCCC(=O)N(C)[C@H](C(=O)C[C@H](C(=O)N(C)[C@@H]([C@@H](C)CC)[C@@H](CC(=O)N1CCC[C@H]1[C@H](OC)[C@@H](C)C(=O)C[C@@H](Cc1ccccc1)C(=O)O)OC)C(C)C)C(C)C)C(=O)O)C(C)=O. The first-order valence-electron chi connectivity index (χ1n) is 33.8. The number of likely N-dealkylation sites (N-methyl/N-ethyl adjacent to an activating group) is 2. The number of thioether (sulfide) groups is 1. The highest BCUT2D eigenvalue weighted by Crippen LogP contribution is 2.32. The van der Waals surface area contributed by atoms with E-state index in [2.05, 4.69) is 16.0 Å². The number of likely N-dealkylation sites (tertiary alicyclic amines) is 1. The molecule has 1 fully saturated rings. The molecule has 0 radical (unpaired) electrons. The van der Waals surface area contributed by atoms with Crippen LogP contribution in [-0.2, 0) is 87.6 Å². The number of unbranched alkanes of at least 4 members (excludes halogenated alkanes) is 2. The predicted octanol–water partition coefficient (Wildman–Crippen LogP) is 5.83. The van der Waals surface area contributed by atoms with Gasteiger partial charge in [0, 0.05) is 104 Å². The van der Waals surface area contributed by atoms with E-state index in [1.165, 1.54) is 26.0 Å². The van der Waals surface area contributed by atoms with E-state index in [1.54, 1.807) is 37.7 Å². The Labute approximate surface area is 568 Å². The van der Waals surface area contributed by atoms with Crippen LogP contribution in [0.1, 0.15) is 151 Å². The molecule has 1 aromatic carbocycles. The number of Topliss-reactive ketones (excluding diaryl/α,β-unsaturated/α-hetero) is 3. The van der Waals surface area contributed by atoms with Crippen LogP contribution in [0.4, 0.5) is 0 Å². The number of carbonyl (C=O) groups is 11. The van der Waals surface area contributed by atoms with E-state index in [4.69, 9.17) is 28.4 Å². The van der Waals surface area contributed by atoms with Gasteiger partial charge in [0.25, 0.3) is 0 Å². The lowest BCUT2D eigenvalue weighted by atomic mass is 9.83. The second kappa shape index (κ2) is 47.1. The molecule has 0 saturated carbocycles. The van der Waals surface area contributed by atoms with Gasteiger partial charge < -0.3 is 69.3 Å². The van der Waals surface area contributed by atoms with Gasteiger partial charge in [-0.15, -0.1) is 11.8 Å². The van der Waals surface area contributed by atoms with E-state index in [9.17, 15) is 63.0 Å².